The van der Waals surface area contributed by atoms with Crippen molar-refractivity contribution in [2.45, 2.75) is 0 Å². The molecule has 0 radical (unpaired) electrons. The van der Waals surface area contributed by atoms with Crippen LogP contribution >= 0.6 is 0 Å². The lowest BCUT2D eigenvalue weighted by Gasteiger charge is -1.68. The van der Waals surface area contributed by atoms with Crippen LogP contribution in [0, 0.1) is 0 Å². The molecule has 0 saturated heterocycles. The third kappa shape index (κ3) is 19.9. The standard InChI is InChI=1S/C4H4O3.CH4O/c5-3-1-2-4(6)7;1-2/h1-3H,(H,6,7);2H,1H3. The molecule has 0 atom stereocenters. The van der Waals surface area contributed by atoms with Gasteiger partial charge in [0.15, 0.2) is 0 Å². The second-order valence-electron chi connectivity index (χ2n) is 0.833. The number of aldehydes is 1. The molecule has 0 amide bonds. The van der Waals surface area contributed by atoms with Crippen molar-refractivity contribution in [2.24, 2.45) is 0 Å². The Kier molecular flexibility index (Phi) is 11.9. The number of carboxylic acids is 1. The highest BCUT2D eigenvalue weighted by Gasteiger charge is 1.79. The Morgan fingerprint density at radius 2 is 1.89 bits per heavy atom. The zero-order chi connectivity index (χ0) is 7.70. The predicted molar refractivity (Wildman–Crippen MR) is 31.0 cm³/mol. The fraction of sp³-hybridized carbons (Fsp3) is 0.200. The summed E-state index contributed by atoms with van der Waals surface area (Å²) in [5.74, 6) is -1.10. The van der Waals surface area contributed by atoms with Gasteiger partial charge >= 0.3 is 5.97 Å². The average Bonchev–Trinajstić information content (AvgIpc) is 1.88. The summed E-state index contributed by atoms with van der Waals surface area (Å²) < 4.78 is 0. The fourth-order valence-electron chi connectivity index (χ4n) is 0.122. The third-order valence-corrected chi connectivity index (χ3v) is 0.317. The zero-order valence-corrected chi connectivity index (χ0v) is 4.94. The first-order valence-electron chi connectivity index (χ1n) is 2.07. The molecule has 0 aliphatic heterocycles. The summed E-state index contributed by atoms with van der Waals surface area (Å²) in [7, 11) is 1.00. The van der Waals surface area contributed by atoms with Gasteiger partial charge in [0.2, 0.25) is 0 Å². The summed E-state index contributed by atoms with van der Waals surface area (Å²) in [5.41, 5.74) is 0. The lowest BCUT2D eigenvalue weighted by molar-refractivity contribution is -0.131. The molecule has 0 saturated carbocycles. The lowest BCUT2D eigenvalue weighted by atomic mass is 10.5. The maximum absolute atomic E-state index is 9.51. The molecule has 9 heavy (non-hydrogen) atoms. The summed E-state index contributed by atoms with van der Waals surface area (Å²) in [6, 6.07) is 0. The normalized spacial score (nSPS) is 7.78. The van der Waals surface area contributed by atoms with Crippen molar-refractivity contribution in [3.8, 4) is 0 Å². The largest absolute Gasteiger partial charge is 0.478 e. The number of allylic oxidation sites excluding steroid dienone is 1. The van der Waals surface area contributed by atoms with Crippen LogP contribution in [0.2, 0.25) is 0 Å². The zero-order valence-electron chi connectivity index (χ0n) is 4.94. The molecule has 0 aromatic heterocycles. The second kappa shape index (κ2) is 9.96. The van der Waals surface area contributed by atoms with E-state index in [-0.39, 0.29) is 0 Å². The van der Waals surface area contributed by atoms with Crippen molar-refractivity contribution in [3.05, 3.63) is 12.2 Å². The van der Waals surface area contributed by atoms with E-state index in [2.05, 4.69) is 0 Å². The van der Waals surface area contributed by atoms with Crippen molar-refractivity contribution in [1.82, 2.24) is 0 Å². The van der Waals surface area contributed by atoms with Crippen LogP contribution < -0.4 is 0 Å². The SMILES string of the molecule is CO.O=CC=CC(=O)O. The first-order chi connectivity index (χ1) is 4.27. The smallest absolute Gasteiger partial charge is 0.328 e. The van der Waals surface area contributed by atoms with E-state index >= 15 is 0 Å². The van der Waals surface area contributed by atoms with Gasteiger partial charge in [0.1, 0.15) is 6.29 Å². The predicted octanol–water partition coefficient (Wildman–Crippen LogP) is -0.565. The average molecular weight is 132 g/mol. The Hall–Kier alpha value is -1.16. The molecule has 0 unspecified atom stereocenters. The number of carboxylic acid groups (broad SMARTS) is 1. The van der Waals surface area contributed by atoms with Crippen LogP contribution in [-0.4, -0.2) is 29.6 Å². The number of carbonyl (C=O) groups excluding carboxylic acids is 1. The first kappa shape index (κ1) is 10.8. The lowest BCUT2D eigenvalue weighted by Crippen LogP contribution is -1.84. The number of aliphatic hydroxyl groups is 1. The van der Waals surface area contributed by atoms with Crippen LogP contribution in [0.3, 0.4) is 0 Å². The fourth-order valence-corrected chi connectivity index (χ4v) is 0.122. The summed E-state index contributed by atoms with van der Waals surface area (Å²) in [6.45, 7) is 0. The Balaban J connectivity index is 0. The quantitative estimate of drug-likeness (QED) is 0.390. The molecule has 0 rings (SSSR count). The van der Waals surface area contributed by atoms with Gasteiger partial charge in [0.05, 0.1) is 0 Å². The van der Waals surface area contributed by atoms with E-state index < -0.39 is 5.97 Å². The Labute approximate surface area is 52.4 Å². The Morgan fingerprint density at radius 3 is 2.00 bits per heavy atom. The van der Waals surface area contributed by atoms with Gasteiger partial charge in [-0.1, -0.05) is 0 Å². The summed E-state index contributed by atoms with van der Waals surface area (Å²) in [6.07, 6.45) is 2.10. The minimum absolute atomic E-state index is 0.411. The van der Waals surface area contributed by atoms with Crippen LogP contribution in [0.5, 0.6) is 0 Å². The van der Waals surface area contributed by atoms with Crippen molar-refractivity contribution >= 4 is 12.3 Å². The molecular formula is C5H8O4. The van der Waals surface area contributed by atoms with Crippen molar-refractivity contribution in [2.75, 3.05) is 7.11 Å². The molecule has 0 aromatic carbocycles. The first-order valence-corrected chi connectivity index (χ1v) is 2.07. The molecule has 0 fully saturated rings. The van der Waals surface area contributed by atoms with E-state index in [1.807, 2.05) is 0 Å². The molecule has 0 spiro atoms. The van der Waals surface area contributed by atoms with Crippen LogP contribution in [0.25, 0.3) is 0 Å². The number of carbonyl (C=O) groups is 2. The van der Waals surface area contributed by atoms with Gasteiger partial charge in [-0.3, -0.25) is 4.79 Å². The topological polar surface area (TPSA) is 74.6 Å². The summed E-state index contributed by atoms with van der Waals surface area (Å²) in [5, 5.41) is 14.8. The van der Waals surface area contributed by atoms with E-state index in [1.54, 1.807) is 0 Å². The van der Waals surface area contributed by atoms with Crippen molar-refractivity contribution in [3.63, 3.8) is 0 Å². The van der Waals surface area contributed by atoms with Gasteiger partial charge in [0, 0.05) is 13.2 Å². The monoisotopic (exact) mass is 132 g/mol. The molecule has 0 aliphatic rings. The van der Waals surface area contributed by atoms with E-state index in [0.717, 1.165) is 19.3 Å². The molecule has 0 aliphatic carbocycles. The van der Waals surface area contributed by atoms with Gasteiger partial charge in [-0.25, -0.2) is 4.79 Å². The third-order valence-electron chi connectivity index (χ3n) is 0.317. The Morgan fingerprint density at radius 1 is 1.44 bits per heavy atom. The number of hydrogen-bond donors (Lipinski definition) is 2. The maximum atomic E-state index is 9.51. The highest BCUT2D eigenvalue weighted by molar-refractivity contribution is 5.84. The highest BCUT2D eigenvalue weighted by Crippen LogP contribution is 1.64. The minimum Gasteiger partial charge on any atom is -0.478 e. The van der Waals surface area contributed by atoms with Gasteiger partial charge in [-0.2, -0.15) is 0 Å². The van der Waals surface area contributed by atoms with Crippen LogP contribution in [0.15, 0.2) is 12.2 Å². The number of aliphatic carboxylic acids is 1. The van der Waals surface area contributed by atoms with E-state index in [9.17, 15) is 9.59 Å². The van der Waals surface area contributed by atoms with Gasteiger partial charge in [-0.15, -0.1) is 0 Å². The van der Waals surface area contributed by atoms with Crippen molar-refractivity contribution in [1.29, 1.82) is 0 Å². The van der Waals surface area contributed by atoms with Gasteiger partial charge in [0.25, 0.3) is 0 Å². The maximum Gasteiger partial charge on any atom is 0.328 e. The van der Waals surface area contributed by atoms with Gasteiger partial charge < -0.3 is 10.2 Å². The highest BCUT2D eigenvalue weighted by atomic mass is 16.4. The van der Waals surface area contributed by atoms with Crippen LogP contribution in [0.1, 0.15) is 0 Å². The van der Waals surface area contributed by atoms with E-state index in [4.69, 9.17) is 10.2 Å². The van der Waals surface area contributed by atoms with Crippen LogP contribution in [0.4, 0.5) is 0 Å². The summed E-state index contributed by atoms with van der Waals surface area (Å²) in [4.78, 5) is 18.9. The molecule has 0 heterocycles. The molecule has 2 N–H and O–H groups in total. The molecule has 52 valence electrons. The summed E-state index contributed by atoms with van der Waals surface area (Å²) >= 11 is 0. The molecule has 4 nitrogen and oxygen atoms in total. The second-order valence-corrected chi connectivity index (χ2v) is 0.833. The van der Waals surface area contributed by atoms with E-state index in [0.29, 0.717) is 6.29 Å². The van der Waals surface area contributed by atoms with Crippen LogP contribution in [-0.2, 0) is 9.59 Å². The van der Waals surface area contributed by atoms with Crippen molar-refractivity contribution < 1.29 is 19.8 Å². The number of hydrogen-bond acceptors (Lipinski definition) is 3. The molecule has 4 heteroatoms. The van der Waals surface area contributed by atoms with Gasteiger partial charge in [-0.05, 0) is 6.08 Å². The minimum atomic E-state index is -1.10. The molecule has 0 aromatic rings. The molecular weight excluding hydrogens is 124 g/mol. The Bertz CT molecular complexity index is 106. The number of rotatable bonds is 2. The molecule has 0 bridgehead atoms. The number of aliphatic hydroxyl groups excluding tert-OH is 1. The van der Waals surface area contributed by atoms with E-state index in [1.165, 1.54) is 0 Å².